The van der Waals surface area contributed by atoms with Crippen molar-refractivity contribution < 1.29 is 9.90 Å². The zero-order valence-corrected chi connectivity index (χ0v) is 11.8. The molecule has 0 radical (unpaired) electrons. The Morgan fingerprint density at radius 1 is 1.37 bits per heavy atom. The lowest BCUT2D eigenvalue weighted by atomic mass is 10.1. The van der Waals surface area contributed by atoms with Crippen LogP contribution in [0.4, 0.5) is 0 Å². The van der Waals surface area contributed by atoms with Gasteiger partial charge in [0.15, 0.2) is 0 Å². The summed E-state index contributed by atoms with van der Waals surface area (Å²) in [5, 5.41) is 9.00. The number of hydrogen-bond donors (Lipinski definition) is 1. The van der Waals surface area contributed by atoms with E-state index < -0.39 is 5.97 Å². The molecule has 0 aromatic carbocycles. The molecular weight excluding hydrogens is 262 g/mol. The zero-order valence-electron chi connectivity index (χ0n) is 11.0. The number of nitrogens with zero attached hydrogens (tertiary/aromatic N) is 1. The van der Waals surface area contributed by atoms with E-state index in [-0.39, 0.29) is 17.2 Å². The van der Waals surface area contributed by atoms with Crippen LogP contribution in [0.3, 0.4) is 0 Å². The van der Waals surface area contributed by atoms with E-state index >= 15 is 0 Å². The van der Waals surface area contributed by atoms with E-state index in [1.165, 1.54) is 27.8 Å². The number of rotatable bonds is 3. The van der Waals surface area contributed by atoms with Crippen LogP contribution in [-0.4, -0.2) is 15.6 Å². The smallest absolute Gasteiger partial charge is 0.337 e. The lowest BCUT2D eigenvalue weighted by Gasteiger charge is -2.15. The van der Waals surface area contributed by atoms with Crippen molar-refractivity contribution in [2.75, 3.05) is 0 Å². The van der Waals surface area contributed by atoms with Gasteiger partial charge >= 0.3 is 5.97 Å². The van der Waals surface area contributed by atoms with Crippen molar-refractivity contribution in [3.63, 3.8) is 0 Å². The van der Waals surface area contributed by atoms with Gasteiger partial charge < -0.3 is 9.67 Å². The van der Waals surface area contributed by atoms with Crippen LogP contribution in [0.5, 0.6) is 0 Å². The lowest BCUT2D eigenvalue weighted by molar-refractivity contribution is 0.0695. The highest BCUT2D eigenvalue weighted by molar-refractivity contribution is 7.12. The fraction of sp³-hybridized carbons (Fsp3) is 0.286. The van der Waals surface area contributed by atoms with Gasteiger partial charge in [0.1, 0.15) is 0 Å². The molecule has 0 saturated carbocycles. The first-order valence-electron chi connectivity index (χ1n) is 5.92. The van der Waals surface area contributed by atoms with Crippen molar-refractivity contribution >= 4 is 17.3 Å². The SMILES string of the molecule is Cc1cc(C(C)n2cc(C(=O)O)ccc2=O)c(C)s1. The molecule has 0 amide bonds. The highest BCUT2D eigenvalue weighted by Gasteiger charge is 2.15. The maximum Gasteiger partial charge on any atom is 0.337 e. The minimum absolute atomic E-state index is 0.121. The largest absolute Gasteiger partial charge is 0.478 e. The Morgan fingerprint density at radius 2 is 2.05 bits per heavy atom. The summed E-state index contributed by atoms with van der Waals surface area (Å²) in [5.41, 5.74) is 0.990. The number of hydrogen-bond acceptors (Lipinski definition) is 3. The van der Waals surface area contributed by atoms with Crippen LogP contribution in [0, 0.1) is 13.8 Å². The monoisotopic (exact) mass is 277 g/mol. The molecule has 2 heterocycles. The van der Waals surface area contributed by atoms with Gasteiger partial charge in [-0.25, -0.2) is 4.79 Å². The molecule has 5 heteroatoms. The summed E-state index contributed by atoms with van der Waals surface area (Å²) in [7, 11) is 0. The van der Waals surface area contributed by atoms with E-state index in [1.807, 2.05) is 26.8 Å². The van der Waals surface area contributed by atoms with Crippen LogP contribution in [0.25, 0.3) is 0 Å². The van der Waals surface area contributed by atoms with Crippen molar-refractivity contribution in [2.45, 2.75) is 26.8 Å². The minimum atomic E-state index is -1.03. The Bertz CT molecular complexity index is 684. The maximum atomic E-state index is 11.9. The zero-order chi connectivity index (χ0) is 14.2. The third-order valence-corrected chi connectivity index (χ3v) is 4.11. The van der Waals surface area contributed by atoms with E-state index in [0.717, 1.165) is 10.4 Å². The number of carboxylic acid groups (broad SMARTS) is 1. The Labute approximate surface area is 115 Å². The normalized spacial score (nSPS) is 12.4. The van der Waals surface area contributed by atoms with Crippen LogP contribution in [0.15, 0.2) is 29.2 Å². The van der Waals surface area contributed by atoms with E-state index in [0.29, 0.717) is 0 Å². The highest BCUT2D eigenvalue weighted by Crippen LogP contribution is 2.27. The molecule has 0 saturated heterocycles. The lowest BCUT2D eigenvalue weighted by Crippen LogP contribution is -2.24. The summed E-state index contributed by atoms with van der Waals surface area (Å²) >= 11 is 1.68. The number of aryl methyl sites for hydroxylation is 2. The summed E-state index contributed by atoms with van der Waals surface area (Å²) < 4.78 is 1.47. The van der Waals surface area contributed by atoms with E-state index in [1.54, 1.807) is 11.3 Å². The third kappa shape index (κ3) is 2.61. The quantitative estimate of drug-likeness (QED) is 0.938. The molecule has 4 nitrogen and oxygen atoms in total. The third-order valence-electron chi connectivity index (χ3n) is 3.13. The van der Waals surface area contributed by atoms with E-state index in [4.69, 9.17) is 5.11 Å². The second kappa shape index (κ2) is 5.01. The van der Waals surface area contributed by atoms with Gasteiger partial charge in [-0.1, -0.05) is 0 Å². The predicted molar refractivity (Wildman–Crippen MR) is 75.3 cm³/mol. The highest BCUT2D eigenvalue weighted by atomic mass is 32.1. The molecule has 0 spiro atoms. The van der Waals surface area contributed by atoms with Gasteiger partial charge in [0.05, 0.1) is 11.6 Å². The molecule has 19 heavy (non-hydrogen) atoms. The van der Waals surface area contributed by atoms with Crippen LogP contribution in [0.1, 0.15) is 38.6 Å². The number of thiophene rings is 1. The van der Waals surface area contributed by atoms with Crippen LogP contribution >= 0.6 is 11.3 Å². The topological polar surface area (TPSA) is 59.3 Å². The van der Waals surface area contributed by atoms with Crippen molar-refractivity contribution in [2.24, 2.45) is 0 Å². The standard InChI is InChI=1S/C14H15NO3S/c1-8-6-12(10(3)19-8)9(2)15-7-11(14(17)18)4-5-13(15)16/h4-7,9H,1-3H3,(H,17,18). The Balaban J connectivity index is 2.52. The van der Waals surface area contributed by atoms with Crippen molar-refractivity contribution in [1.82, 2.24) is 4.57 Å². The average Bonchev–Trinajstić information content (AvgIpc) is 2.68. The number of aromatic nitrogens is 1. The van der Waals surface area contributed by atoms with Crippen LogP contribution in [0.2, 0.25) is 0 Å². The number of carboxylic acids is 1. The number of pyridine rings is 1. The van der Waals surface area contributed by atoms with Crippen LogP contribution < -0.4 is 5.56 Å². The maximum absolute atomic E-state index is 11.9. The van der Waals surface area contributed by atoms with E-state index in [9.17, 15) is 9.59 Å². The molecular formula is C14H15NO3S. The number of aromatic carboxylic acids is 1. The fourth-order valence-corrected chi connectivity index (χ4v) is 3.16. The van der Waals surface area contributed by atoms with Gasteiger partial charge in [-0.2, -0.15) is 0 Å². The molecule has 1 atom stereocenters. The first-order valence-corrected chi connectivity index (χ1v) is 6.74. The molecule has 0 aliphatic heterocycles. The van der Waals surface area contributed by atoms with Crippen LogP contribution in [-0.2, 0) is 0 Å². The molecule has 1 unspecified atom stereocenters. The van der Waals surface area contributed by atoms with Gasteiger partial charge in [-0.3, -0.25) is 4.79 Å². The molecule has 0 bridgehead atoms. The average molecular weight is 277 g/mol. The summed E-state index contributed by atoms with van der Waals surface area (Å²) in [6.45, 7) is 5.93. The van der Waals surface area contributed by atoms with Crippen molar-refractivity contribution in [1.29, 1.82) is 0 Å². The molecule has 2 aromatic rings. The molecule has 0 fully saturated rings. The summed E-state index contributed by atoms with van der Waals surface area (Å²) in [6.07, 6.45) is 1.40. The van der Waals surface area contributed by atoms with E-state index in [2.05, 4.69) is 0 Å². The van der Waals surface area contributed by atoms with Gasteiger partial charge in [-0.15, -0.1) is 11.3 Å². The van der Waals surface area contributed by atoms with Gasteiger partial charge in [0.2, 0.25) is 0 Å². The van der Waals surface area contributed by atoms with Crippen molar-refractivity contribution in [3.05, 3.63) is 55.6 Å². The molecule has 2 rings (SSSR count). The molecule has 1 N–H and O–H groups in total. The second-order valence-corrected chi connectivity index (χ2v) is 5.97. The minimum Gasteiger partial charge on any atom is -0.478 e. The predicted octanol–water partition coefficient (Wildman–Crippen LogP) is 2.83. The van der Waals surface area contributed by atoms with Gasteiger partial charge in [0.25, 0.3) is 5.56 Å². The van der Waals surface area contributed by atoms with Gasteiger partial charge in [-0.05, 0) is 38.5 Å². The molecule has 0 aliphatic carbocycles. The second-order valence-electron chi connectivity index (χ2n) is 4.51. The Kier molecular flexibility index (Phi) is 3.57. The first-order chi connectivity index (χ1) is 8.90. The molecule has 0 aliphatic rings. The molecule has 2 aromatic heterocycles. The Morgan fingerprint density at radius 3 is 2.58 bits per heavy atom. The summed E-state index contributed by atoms with van der Waals surface area (Å²) in [6, 6.07) is 4.51. The number of carbonyl (C=O) groups is 1. The first kappa shape index (κ1) is 13.5. The van der Waals surface area contributed by atoms with Crippen molar-refractivity contribution in [3.8, 4) is 0 Å². The fourth-order valence-electron chi connectivity index (χ4n) is 2.15. The molecule has 100 valence electrons. The summed E-state index contributed by atoms with van der Waals surface area (Å²) in [5.74, 6) is -1.03. The Hall–Kier alpha value is -1.88. The summed E-state index contributed by atoms with van der Waals surface area (Å²) in [4.78, 5) is 25.2. The van der Waals surface area contributed by atoms with Gasteiger partial charge in [0, 0.05) is 22.0 Å².